The Morgan fingerprint density at radius 1 is 0.600 bits per heavy atom. The van der Waals surface area contributed by atoms with E-state index >= 15 is 0 Å². The fourth-order valence-corrected chi connectivity index (χ4v) is 8.98. The predicted molar refractivity (Wildman–Crippen MR) is 262 cm³/mol. The lowest BCUT2D eigenvalue weighted by Gasteiger charge is -2.45. The molecule has 288 valence electrons. The van der Waals surface area contributed by atoms with Gasteiger partial charge in [-0.2, -0.15) is 0 Å². The van der Waals surface area contributed by atoms with Crippen LogP contribution in [-0.2, 0) is 0 Å². The van der Waals surface area contributed by atoms with E-state index in [4.69, 9.17) is 6.58 Å². The van der Waals surface area contributed by atoms with Gasteiger partial charge in [0.25, 0.3) is 6.71 Å². The minimum absolute atomic E-state index is 0.0555. The normalized spacial score (nSPS) is 13.5. The van der Waals surface area contributed by atoms with Crippen LogP contribution in [0.15, 0.2) is 235 Å². The molecular weight excluding hydrogens is 724 g/mol. The van der Waals surface area contributed by atoms with E-state index < -0.39 is 0 Å². The predicted octanol–water partition coefficient (Wildman–Crippen LogP) is 11.7. The van der Waals surface area contributed by atoms with Gasteiger partial charge in [-0.05, 0) is 126 Å². The highest BCUT2D eigenvalue weighted by Gasteiger charge is 2.43. The van der Waals surface area contributed by atoms with Gasteiger partial charge in [0.1, 0.15) is 7.85 Å². The molecule has 0 unspecified atom stereocenters. The summed E-state index contributed by atoms with van der Waals surface area (Å²) in [6, 6.07) is 63.2. The number of hydrogen-bond acceptors (Lipinski definition) is 3. The van der Waals surface area contributed by atoms with Gasteiger partial charge in [-0.1, -0.05) is 152 Å². The molecule has 0 saturated heterocycles. The van der Waals surface area contributed by atoms with E-state index in [2.05, 4.69) is 250 Å². The molecule has 60 heavy (non-hydrogen) atoms. The summed E-state index contributed by atoms with van der Waals surface area (Å²) in [5.41, 5.74) is 19.8. The lowest BCUT2D eigenvalue weighted by atomic mass is 9.32. The van der Waals surface area contributed by atoms with Crippen LogP contribution < -0.4 is 31.1 Å². The molecule has 0 aliphatic carbocycles. The minimum Gasteiger partial charge on any atom is -0.316 e. The van der Waals surface area contributed by atoms with Gasteiger partial charge in [0.05, 0.1) is 0 Å². The number of benzene rings is 7. The molecule has 5 heteroatoms. The van der Waals surface area contributed by atoms with Gasteiger partial charge >= 0.3 is 0 Å². The second-order valence-corrected chi connectivity index (χ2v) is 15.5. The van der Waals surface area contributed by atoms with Crippen molar-refractivity contribution in [2.45, 2.75) is 20.8 Å². The van der Waals surface area contributed by atoms with Crippen molar-refractivity contribution in [3.05, 3.63) is 235 Å². The van der Waals surface area contributed by atoms with Crippen molar-refractivity contribution in [1.29, 1.82) is 0 Å². The van der Waals surface area contributed by atoms with Crippen LogP contribution in [0.25, 0.3) is 22.3 Å². The summed E-state index contributed by atoms with van der Waals surface area (Å²) < 4.78 is 0. The first-order chi connectivity index (χ1) is 29.4. The Morgan fingerprint density at radius 3 is 1.72 bits per heavy atom. The van der Waals surface area contributed by atoms with Gasteiger partial charge in [0.15, 0.2) is 0 Å². The van der Waals surface area contributed by atoms with Crippen molar-refractivity contribution >= 4 is 65.1 Å². The minimum atomic E-state index is -0.0555. The molecule has 9 rings (SSSR count). The summed E-state index contributed by atoms with van der Waals surface area (Å²) in [6.07, 6.45) is 11.1. The fourth-order valence-electron chi connectivity index (χ4n) is 8.98. The zero-order valence-electron chi connectivity index (χ0n) is 34.8. The van der Waals surface area contributed by atoms with Crippen molar-refractivity contribution in [1.82, 2.24) is 0 Å². The van der Waals surface area contributed by atoms with Crippen LogP contribution in [0.5, 0.6) is 0 Å². The maximum atomic E-state index is 4.71. The third kappa shape index (κ3) is 7.03. The van der Waals surface area contributed by atoms with Gasteiger partial charge in [-0.25, -0.2) is 0 Å². The van der Waals surface area contributed by atoms with E-state index in [1.807, 2.05) is 0 Å². The standard InChI is InChI=1S/C55H47B2N3/c1-5-19-46(6-2)59-40(4)50(34-28-39(3)58(47-24-15-9-16-25-47)48-26-17-10-18-27-48)57-51-36-44(42-22-13-8-14-23-42)31-35-52(51)60(54-38-45(56)37-53(59)55(54)57)49-32-29-43(30-33-49)41-20-11-7-12-21-41/h5-38H,3,56H2,1-2,4H3/b19-5-,34-28-,46-6+. The molecule has 0 saturated carbocycles. The van der Waals surface area contributed by atoms with E-state index in [9.17, 15) is 0 Å². The molecule has 3 nitrogen and oxygen atoms in total. The average molecular weight is 772 g/mol. The molecule has 0 spiro atoms. The summed E-state index contributed by atoms with van der Waals surface area (Å²) in [4.78, 5) is 7.17. The molecule has 7 aromatic carbocycles. The van der Waals surface area contributed by atoms with Crippen molar-refractivity contribution in [3.63, 3.8) is 0 Å². The average Bonchev–Trinajstić information content (AvgIpc) is 3.29. The Balaban J connectivity index is 1.27. The Labute approximate surface area is 356 Å². The molecule has 0 bridgehead atoms. The number of fused-ring (bicyclic) bond motifs is 2. The monoisotopic (exact) mass is 771 g/mol. The smallest absolute Gasteiger partial charge is 0.251 e. The molecule has 2 aliphatic rings. The number of allylic oxidation sites excluding steroid dienone is 7. The van der Waals surface area contributed by atoms with E-state index in [0.29, 0.717) is 0 Å². The Kier molecular flexibility index (Phi) is 10.6. The highest BCUT2D eigenvalue weighted by Crippen LogP contribution is 2.44. The van der Waals surface area contributed by atoms with Crippen LogP contribution >= 0.6 is 0 Å². The number of anilines is 6. The van der Waals surface area contributed by atoms with Crippen LogP contribution in [0, 0.1) is 0 Å². The zero-order chi connectivity index (χ0) is 41.2. The second-order valence-electron chi connectivity index (χ2n) is 15.5. The first kappa shape index (κ1) is 38.3. The molecule has 0 aromatic heterocycles. The van der Waals surface area contributed by atoms with Gasteiger partial charge in [0.2, 0.25) is 0 Å². The molecular formula is C55H47B2N3. The van der Waals surface area contributed by atoms with Crippen LogP contribution in [0.1, 0.15) is 20.8 Å². The van der Waals surface area contributed by atoms with Crippen LogP contribution in [0.4, 0.5) is 34.1 Å². The largest absolute Gasteiger partial charge is 0.316 e. The molecule has 0 atom stereocenters. The van der Waals surface area contributed by atoms with Gasteiger partial charge in [-0.15, -0.1) is 0 Å². The maximum Gasteiger partial charge on any atom is 0.251 e. The van der Waals surface area contributed by atoms with Crippen molar-refractivity contribution in [3.8, 4) is 22.3 Å². The topological polar surface area (TPSA) is 9.72 Å². The van der Waals surface area contributed by atoms with E-state index in [0.717, 1.165) is 28.5 Å². The van der Waals surface area contributed by atoms with Crippen LogP contribution in [-0.4, -0.2) is 14.6 Å². The van der Waals surface area contributed by atoms with Crippen molar-refractivity contribution in [2.24, 2.45) is 0 Å². The molecule has 7 aromatic rings. The van der Waals surface area contributed by atoms with Crippen molar-refractivity contribution in [2.75, 3.05) is 14.7 Å². The van der Waals surface area contributed by atoms with E-state index in [1.165, 1.54) is 66.9 Å². The van der Waals surface area contributed by atoms with Gasteiger partial charge in [0, 0.05) is 51.2 Å². The highest BCUT2D eigenvalue weighted by atomic mass is 15.2. The van der Waals surface area contributed by atoms with E-state index in [-0.39, 0.29) is 6.71 Å². The lowest BCUT2D eigenvalue weighted by molar-refractivity contribution is 1.08. The molecule has 0 radical (unpaired) electrons. The van der Waals surface area contributed by atoms with Crippen LogP contribution in [0.2, 0.25) is 0 Å². The number of hydrogen-bond donors (Lipinski definition) is 0. The molecule has 2 heterocycles. The summed E-state index contributed by atoms with van der Waals surface area (Å²) >= 11 is 0. The van der Waals surface area contributed by atoms with E-state index in [1.54, 1.807) is 0 Å². The summed E-state index contributed by atoms with van der Waals surface area (Å²) in [5, 5.41) is 0. The lowest BCUT2D eigenvalue weighted by Crippen LogP contribution is -2.56. The van der Waals surface area contributed by atoms with Crippen LogP contribution in [0.3, 0.4) is 0 Å². The third-order valence-electron chi connectivity index (χ3n) is 11.7. The summed E-state index contributed by atoms with van der Waals surface area (Å²) in [6.45, 7) is 11.2. The molecule has 0 amide bonds. The third-order valence-corrected chi connectivity index (χ3v) is 11.7. The summed E-state index contributed by atoms with van der Waals surface area (Å²) in [7, 11) is 2.22. The maximum absolute atomic E-state index is 4.71. The zero-order valence-corrected chi connectivity index (χ0v) is 34.8. The van der Waals surface area contributed by atoms with Crippen molar-refractivity contribution < 1.29 is 0 Å². The quantitative estimate of drug-likeness (QED) is 0.101. The first-order valence-electron chi connectivity index (χ1n) is 20.8. The molecule has 2 aliphatic heterocycles. The SMILES string of the molecule is Bc1cc2c3c(c1)N(c1ccc(-c4ccccc4)cc1)c1ccc(-c4ccccc4)cc1B3C(/C=C\C(=C)N(c1ccccc1)c1ccccc1)=C(C)N2C(/C=C\C)=C/C. The molecule has 0 fully saturated rings. The highest BCUT2D eigenvalue weighted by molar-refractivity contribution is 6.95. The number of nitrogens with zero attached hydrogens (tertiary/aromatic N) is 3. The Bertz CT molecular complexity index is 2770. The number of para-hydroxylation sites is 2. The summed E-state index contributed by atoms with van der Waals surface area (Å²) in [5.74, 6) is 0. The van der Waals surface area contributed by atoms with Gasteiger partial charge < -0.3 is 14.7 Å². The number of rotatable bonds is 10. The van der Waals surface area contributed by atoms with Gasteiger partial charge in [-0.3, -0.25) is 0 Å². The first-order valence-corrected chi connectivity index (χ1v) is 20.8. The Hall–Kier alpha value is -7.23. The second kappa shape index (κ2) is 16.6. The molecule has 0 N–H and O–H groups in total. The Morgan fingerprint density at radius 2 is 1.13 bits per heavy atom. The fraction of sp³-hybridized carbons (Fsp3) is 0.0545.